The number of hydrogen-bond acceptors (Lipinski definition) is 5. The predicted octanol–water partition coefficient (Wildman–Crippen LogP) is 6.13. The highest BCUT2D eigenvalue weighted by atomic mass is 35.5. The molecule has 0 spiro atoms. The molecular weight excluding hydrogens is 498 g/mol. The average molecular weight is 536 g/mol. The van der Waals surface area contributed by atoms with E-state index in [2.05, 4.69) is 10.2 Å². The van der Waals surface area contributed by atoms with Crippen LogP contribution in [0.5, 0.6) is 0 Å². The summed E-state index contributed by atoms with van der Waals surface area (Å²) in [5.41, 5.74) is 2.68. The van der Waals surface area contributed by atoms with E-state index in [4.69, 9.17) is 21.3 Å². The van der Waals surface area contributed by atoms with E-state index in [1.165, 1.54) is 38.5 Å². The summed E-state index contributed by atoms with van der Waals surface area (Å²) in [5.74, 6) is 3.20. The lowest BCUT2D eigenvalue weighted by Gasteiger charge is -2.56. The molecule has 4 aliphatic carbocycles. The highest BCUT2D eigenvalue weighted by molar-refractivity contribution is 6.34. The van der Waals surface area contributed by atoms with Gasteiger partial charge >= 0.3 is 5.97 Å². The van der Waals surface area contributed by atoms with Crippen molar-refractivity contribution in [3.8, 4) is 11.1 Å². The summed E-state index contributed by atoms with van der Waals surface area (Å²) in [6.45, 7) is 4.48. The molecule has 1 saturated heterocycles. The summed E-state index contributed by atoms with van der Waals surface area (Å²) in [7, 11) is 0. The molecule has 1 amide bonds. The molecule has 2 aromatic rings. The maximum absolute atomic E-state index is 13.4. The van der Waals surface area contributed by atoms with Crippen molar-refractivity contribution < 1.29 is 14.3 Å². The quantitative estimate of drug-likeness (QED) is 0.432. The first kappa shape index (κ1) is 25.7. The van der Waals surface area contributed by atoms with Gasteiger partial charge in [-0.15, -0.1) is 0 Å². The summed E-state index contributed by atoms with van der Waals surface area (Å²) in [6.07, 6.45) is 11.3. The number of amides is 1. The molecular formula is C31H38ClN3O3. The number of esters is 1. The molecule has 1 aliphatic heterocycles. The smallest absolute Gasteiger partial charge is 0.309 e. The number of piperidine rings is 1. The second-order valence-electron chi connectivity index (χ2n) is 12.2. The van der Waals surface area contributed by atoms with Crippen molar-refractivity contribution in [2.45, 2.75) is 58.3 Å². The summed E-state index contributed by atoms with van der Waals surface area (Å²) in [6, 6.07) is 9.65. The molecule has 6 nitrogen and oxygen atoms in total. The van der Waals surface area contributed by atoms with E-state index in [-0.39, 0.29) is 23.2 Å². The van der Waals surface area contributed by atoms with Crippen LogP contribution in [0.3, 0.4) is 0 Å². The zero-order valence-corrected chi connectivity index (χ0v) is 23.0. The van der Waals surface area contributed by atoms with Crippen molar-refractivity contribution in [1.29, 1.82) is 0 Å². The van der Waals surface area contributed by atoms with Gasteiger partial charge in [0.15, 0.2) is 0 Å². The molecule has 1 aromatic heterocycles. The Morgan fingerprint density at radius 2 is 1.76 bits per heavy atom. The van der Waals surface area contributed by atoms with Crippen LogP contribution in [-0.2, 0) is 9.53 Å². The Bertz CT molecular complexity index is 1170. The van der Waals surface area contributed by atoms with Crippen LogP contribution in [0.2, 0.25) is 5.02 Å². The van der Waals surface area contributed by atoms with Gasteiger partial charge in [-0.2, -0.15) is 0 Å². The third-order valence-electron chi connectivity index (χ3n) is 9.51. The maximum Gasteiger partial charge on any atom is 0.309 e. The second kappa shape index (κ2) is 10.5. The van der Waals surface area contributed by atoms with Gasteiger partial charge in [-0.25, -0.2) is 4.98 Å². The van der Waals surface area contributed by atoms with Crippen LogP contribution in [0.25, 0.3) is 11.1 Å². The summed E-state index contributed by atoms with van der Waals surface area (Å²) < 4.78 is 5.23. The number of carbonyl (C=O) groups is 2. The molecule has 38 heavy (non-hydrogen) atoms. The van der Waals surface area contributed by atoms with Crippen molar-refractivity contribution in [3.63, 3.8) is 0 Å². The number of halogens is 1. The number of ether oxygens (including phenoxy) is 1. The zero-order chi connectivity index (χ0) is 26.3. The number of nitrogens with one attached hydrogen (secondary N) is 1. The Morgan fingerprint density at radius 1 is 1.08 bits per heavy atom. The number of rotatable bonds is 7. The highest BCUT2D eigenvalue weighted by Crippen LogP contribution is 2.59. The van der Waals surface area contributed by atoms with E-state index in [1.54, 1.807) is 6.20 Å². The van der Waals surface area contributed by atoms with Crippen LogP contribution in [0, 0.1) is 29.1 Å². The molecule has 4 bridgehead atoms. The summed E-state index contributed by atoms with van der Waals surface area (Å²) >= 11 is 6.56. The Labute approximate surface area is 230 Å². The first-order chi connectivity index (χ1) is 18.4. The summed E-state index contributed by atoms with van der Waals surface area (Å²) in [4.78, 5) is 32.5. The van der Waals surface area contributed by atoms with Gasteiger partial charge in [0.25, 0.3) is 5.91 Å². The number of benzene rings is 1. The molecule has 202 valence electrons. The van der Waals surface area contributed by atoms with Crippen LogP contribution in [0.4, 0.5) is 5.82 Å². The fourth-order valence-electron chi connectivity index (χ4n) is 8.20. The molecule has 5 fully saturated rings. The Balaban J connectivity index is 1.17. The minimum absolute atomic E-state index is 0.0573. The first-order valence-electron chi connectivity index (χ1n) is 14.4. The standard InChI is InChI=1S/C31H38ClN3O3/c1-2-38-30(37)23-7-10-35(11-8-23)28-25(4-3-9-33-28)24-5-6-27(32)26(15-24)29(36)34-19-31-16-20-12-21(17-31)14-22(13-20)18-31/h3-6,9,15,20-23H,2,7-8,10-14,16-19H2,1H3,(H,34,36). The van der Waals surface area contributed by atoms with Gasteiger partial charge in [0.05, 0.1) is 23.1 Å². The van der Waals surface area contributed by atoms with Gasteiger partial charge in [-0.05, 0) is 111 Å². The number of carbonyl (C=O) groups excluding carboxylic acids is 2. The fourth-order valence-corrected chi connectivity index (χ4v) is 8.40. The number of anilines is 1. The van der Waals surface area contributed by atoms with E-state index in [0.29, 0.717) is 17.2 Å². The van der Waals surface area contributed by atoms with Gasteiger partial charge in [0.2, 0.25) is 0 Å². The van der Waals surface area contributed by atoms with Crippen LogP contribution in [0.1, 0.15) is 68.6 Å². The SMILES string of the molecule is CCOC(=O)C1CCN(c2ncccc2-c2ccc(Cl)c(C(=O)NCC34CC5CC(CC(C5)C3)C4)c2)CC1. The lowest BCUT2D eigenvalue weighted by atomic mass is 9.49. The van der Waals surface area contributed by atoms with Crippen molar-refractivity contribution in [2.24, 2.45) is 29.1 Å². The van der Waals surface area contributed by atoms with Gasteiger partial charge in [0, 0.05) is 31.4 Å². The van der Waals surface area contributed by atoms with Crippen molar-refractivity contribution in [3.05, 3.63) is 47.1 Å². The largest absolute Gasteiger partial charge is 0.466 e. The van der Waals surface area contributed by atoms with Crippen molar-refractivity contribution >= 4 is 29.3 Å². The Kier molecular flexibility index (Phi) is 7.10. The molecule has 1 aromatic carbocycles. The molecule has 0 atom stereocenters. The van der Waals surface area contributed by atoms with Crippen LogP contribution in [0.15, 0.2) is 36.5 Å². The van der Waals surface area contributed by atoms with Crippen molar-refractivity contribution in [2.75, 3.05) is 31.1 Å². The molecule has 4 saturated carbocycles. The highest BCUT2D eigenvalue weighted by Gasteiger charge is 2.50. The minimum atomic E-state index is -0.102. The van der Waals surface area contributed by atoms with Gasteiger partial charge in [0.1, 0.15) is 5.82 Å². The lowest BCUT2D eigenvalue weighted by molar-refractivity contribution is -0.148. The van der Waals surface area contributed by atoms with E-state index >= 15 is 0 Å². The monoisotopic (exact) mass is 535 g/mol. The van der Waals surface area contributed by atoms with E-state index in [1.807, 2.05) is 37.3 Å². The number of aromatic nitrogens is 1. The third kappa shape index (κ3) is 5.04. The van der Waals surface area contributed by atoms with Crippen LogP contribution in [-0.4, -0.2) is 43.1 Å². The first-order valence-corrected chi connectivity index (χ1v) is 14.8. The number of pyridine rings is 1. The Hall–Kier alpha value is -2.60. The molecule has 7 rings (SSSR count). The molecule has 0 unspecified atom stereocenters. The maximum atomic E-state index is 13.4. The molecule has 5 aliphatic rings. The summed E-state index contributed by atoms with van der Waals surface area (Å²) in [5, 5.41) is 3.76. The fraction of sp³-hybridized carbons (Fsp3) is 0.581. The average Bonchev–Trinajstić information content (AvgIpc) is 2.92. The molecule has 7 heteroatoms. The van der Waals surface area contributed by atoms with E-state index in [9.17, 15) is 9.59 Å². The minimum Gasteiger partial charge on any atom is -0.466 e. The lowest BCUT2D eigenvalue weighted by Crippen LogP contribution is -2.51. The van der Waals surface area contributed by atoms with Gasteiger partial charge in [-0.3, -0.25) is 9.59 Å². The molecule has 2 heterocycles. The second-order valence-corrected chi connectivity index (χ2v) is 12.6. The van der Waals surface area contributed by atoms with Crippen LogP contribution >= 0.6 is 11.6 Å². The van der Waals surface area contributed by atoms with E-state index in [0.717, 1.165) is 67.2 Å². The molecule has 1 N–H and O–H groups in total. The Morgan fingerprint density at radius 3 is 2.42 bits per heavy atom. The predicted molar refractivity (Wildman–Crippen MR) is 149 cm³/mol. The van der Waals surface area contributed by atoms with Crippen molar-refractivity contribution in [1.82, 2.24) is 10.3 Å². The topological polar surface area (TPSA) is 71.5 Å². The van der Waals surface area contributed by atoms with Crippen LogP contribution < -0.4 is 10.2 Å². The van der Waals surface area contributed by atoms with Gasteiger partial charge in [-0.1, -0.05) is 17.7 Å². The number of hydrogen-bond donors (Lipinski definition) is 1. The number of nitrogens with zero attached hydrogens (tertiary/aromatic N) is 2. The molecule has 0 radical (unpaired) electrons. The third-order valence-corrected chi connectivity index (χ3v) is 9.84. The zero-order valence-electron chi connectivity index (χ0n) is 22.3. The van der Waals surface area contributed by atoms with Gasteiger partial charge < -0.3 is 15.0 Å². The normalized spacial score (nSPS) is 28.4. The van der Waals surface area contributed by atoms with E-state index < -0.39 is 0 Å².